The van der Waals surface area contributed by atoms with Gasteiger partial charge in [-0.2, -0.15) is 9.97 Å². The first-order valence-electron chi connectivity index (χ1n) is 18.1. The minimum absolute atomic E-state index is 0.0462. The number of rotatable bonds is 8. The van der Waals surface area contributed by atoms with Crippen molar-refractivity contribution < 1.29 is 19.0 Å². The van der Waals surface area contributed by atoms with Crippen LogP contribution in [0.5, 0.6) is 6.01 Å². The molecule has 3 atom stereocenters. The molecule has 4 aliphatic heterocycles. The van der Waals surface area contributed by atoms with Gasteiger partial charge < -0.3 is 24.0 Å². The summed E-state index contributed by atoms with van der Waals surface area (Å²) in [7, 11) is 0. The fourth-order valence-electron chi connectivity index (χ4n) is 8.68. The predicted octanol–water partition coefficient (Wildman–Crippen LogP) is 7.41. The summed E-state index contributed by atoms with van der Waals surface area (Å²) in [4.78, 5) is 33.7. The number of anilines is 1. The van der Waals surface area contributed by atoms with Crippen molar-refractivity contribution in [2.45, 2.75) is 69.4 Å². The monoisotopic (exact) mass is 706 g/mol. The molecule has 4 aromatic rings. The number of carbonyl (C=O) groups excluding carboxylic acids is 1. The normalized spacial score (nSPS) is 22.7. The standard InChI is InChI=1S/C40H43ClN6O4/c1-27-35-33(22-34(51-27)31-14-6-12-29-13-7-15-32(41)36(29)31)43-38(50-26-40-16-8-18-46(40)19-9-17-40)44-37(35)45-20-21-47(30(24-45)23-42-2)39(48)49-25-28-10-4-3-5-11-28/h3-7,10-15,27,30,34H,8-9,16-26H2,1H3/t27?,30-,34?/m0/s1. The van der Waals surface area contributed by atoms with E-state index in [1.165, 1.54) is 12.8 Å². The first-order chi connectivity index (χ1) is 24.9. The molecule has 0 N–H and O–H groups in total. The zero-order valence-electron chi connectivity index (χ0n) is 29.0. The molecule has 0 aliphatic carbocycles. The molecule has 0 spiro atoms. The second kappa shape index (κ2) is 14.3. The number of piperazine rings is 1. The van der Waals surface area contributed by atoms with Crippen molar-refractivity contribution in [2.75, 3.05) is 50.8 Å². The molecule has 8 rings (SSSR count). The van der Waals surface area contributed by atoms with Gasteiger partial charge in [0.05, 0.1) is 23.4 Å². The molecule has 2 unspecified atom stereocenters. The molecule has 3 saturated heterocycles. The minimum atomic E-state index is -0.411. The van der Waals surface area contributed by atoms with Crippen LogP contribution in [0.25, 0.3) is 15.6 Å². The second-order valence-electron chi connectivity index (χ2n) is 14.2. The SMILES string of the molecule is [C-]#[N+]C[C@H]1CN(c2nc(OCC34CCCN3CCC4)nc3c2C(C)OC(c2cccc4cccc(Cl)c24)C3)CCN1C(=O)OCc1ccccc1. The lowest BCUT2D eigenvalue weighted by Gasteiger charge is -2.41. The average Bonchev–Trinajstić information content (AvgIpc) is 3.74. The molecule has 1 amide bonds. The van der Waals surface area contributed by atoms with Crippen molar-refractivity contribution in [1.82, 2.24) is 19.8 Å². The van der Waals surface area contributed by atoms with E-state index in [9.17, 15) is 4.79 Å². The Morgan fingerprint density at radius 3 is 2.59 bits per heavy atom. The number of hydrogen-bond donors (Lipinski definition) is 0. The molecule has 0 radical (unpaired) electrons. The molecule has 3 aromatic carbocycles. The Morgan fingerprint density at radius 1 is 1.02 bits per heavy atom. The van der Waals surface area contributed by atoms with E-state index in [-0.39, 0.29) is 36.9 Å². The highest BCUT2D eigenvalue weighted by Crippen LogP contribution is 2.45. The number of ether oxygens (including phenoxy) is 3. The third-order valence-electron chi connectivity index (χ3n) is 11.2. The van der Waals surface area contributed by atoms with Crippen LogP contribution in [0, 0.1) is 6.57 Å². The van der Waals surface area contributed by atoms with Gasteiger partial charge in [0.15, 0.2) is 0 Å². The fraction of sp³-hybridized carbons (Fsp3) is 0.450. The van der Waals surface area contributed by atoms with Crippen molar-refractivity contribution in [2.24, 2.45) is 0 Å². The van der Waals surface area contributed by atoms with Crippen molar-refractivity contribution in [1.29, 1.82) is 0 Å². The van der Waals surface area contributed by atoms with Crippen LogP contribution in [0.2, 0.25) is 5.02 Å². The van der Waals surface area contributed by atoms with E-state index in [2.05, 4.69) is 32.8 Å². The van der Waals surface area contributed by atoms with Crippen molar-refractivity contribution in [3.63, 3.8) is 0 Å². The summed E-state index contributed by atoms with van der Waals surface area (Å²) in [6.07, 6.45) is 4.15. The van der Waals surface area contributed by atoms with Gasteiger partial charge in [-0.15, -0.1) is 0 Å². The molecule has 264 valence electrons. The Kier molecular flexibility index (Phi) is 9.45. The van der Waals surface area contributed by atoms with Gasteiger partial charge >= 0.3 is 12.1 Å². The van der Waals surface area contributed by atoms with Gasteiger partial charge in [0.2, 0.25) is 6.54 Å². The van der Waals surface area contributed by atoms with E-state index in [0.717, 1.165) is 64.9 Å². The maximum Gasteiger partial charge on any atom is 0.410 e. The number of carbonyl (C=O) groups is 1. The number of amides is 1. The summed E-state index contributed by atoms with van der Waals surface area (Å²) in [5.74, 6) is 0.747. The first-order valence-corrected chi connectivity index (χ1v) is 18.5. The molecule has 4 aliphatic rings. The lowest BCUT2D eigenvalue weighted by atomic mass is 9.92. The molecular formula is C40H43ClN6O4. The van der Waals surface area contributed by atoms with Crippen molar-refractivity contribution in [3.8, 4) is 6.01 Å². The van der Waals surface area contributed by atoms with Gasteiger partial charge in [-0.3, -0.25) is 9.80 Å². The molecular weight excluding hydrogens is 664 g/mol. The van der Waals surface area contributed by atoms with E-state index >= 15 is 0 Å². The maximum absolute atomic E-state index is 13.3. The molecule has 0 saturated carbocycles. The van der Waals surface area contributed by atoms with Crippen LogP contribution in [-0.4, -0.2) is 83.3 Å². The van der Waals surface area contributed by atoms with Crippen LogP contribution < -0.4 is 9.64 Å². The van der Waals surface area contributed by atoms with E-state index < -0.39 is 6.09 Å². The number of halogens is 1. The topological polar surface area (TPSA) is 84.6 Å². The molecule has 0 bridgehead atoms. The summed E-state index contributed by atoms with van der Waals surface area (Å²) in [6.45, 7) is 14.2. The lowest BCUT2D eigenvalue weighted by Crippen LogP contribution is -2.57. The summed E-state index contributed by atoms with van der Waals surface area (Å²) in [5, 5.41) is 2.75. The number of nitrogens with zero attached hydrogens (tertiary/aromatic N) is 6. The second-order valence-corrected chi connectivity index (χ2v) is 14.6. The number of hydrogen-bond acceptors (Lipinski definition) is 8. The van der Waals surface area contributed by atoms with Crippen molar-refractivity contribution in [3.05, 3.63) is 106 Å². The van der Waals surface area contributed by atoms with Crippen LogP contribution >= 0.6 is 11.6 Å². The highest BCUT2D eigenvalue weighted by Gasteiger charge is 2.45. The van der Waals surface area contributed by atoms with E-state index in [1.807, 2.05) is 55.5 Å². The Bertz CT molecular complexity index is 1940. The smallest absolute Gasteiger partial charge is 0.410 e. The van der Waals surface area contributed by atoms with E-state index in [0.29, 0.717) is 43.7 Å². The Labute approximate surface area is 304 Å². The minimum Gasteiger partial charge on any atom is -0.461 e. The molecule has 3 fully saturated rings. The molecule has 51 heavy (non-hydrogen) atoms. The average molecular weight is 707 g/mol. The Hall–Kier alpha value is -4.43. The van der Waals surface area contributed by atoms with Crippen molar-refractivity contribution >= 4 is 34.3 Å². The number of aromatic nitrogens is 2. The molecule has 10 nitrogen and oxygen atoms in total. The van der Waals surface area contributed by atoms with Crippen LogP contribution in [0.3, 0.4) is 0 Å². The van der Waals surface area contributed by atoms with Gasteiger partial charge in [-0.25, -0.2) is 11.4 Å². The third kappa shape index (κ3) is 6.59. The fourth-order valence-corrected chi connectivity index (χ4v) is 8.97. The van der Waals surface area contributed by atoms with Gasteiger partial charge in [0.25, 0.3) is 0 Å². The summed E-state index contributed by atoms with van der Waals surface area (Å²) in [6, 6.07) is 21.8. The molecule has 1 aromatic heterocycles. The molecule has 11 heteroatoms. The van der Waals surface area contributed by atoms with Crippen LogP contribution in [-0.2, 0) is 22.5 Å². The van der Waals surface area contributed by atoms with Crippen LogP contribution in [0.1, 0.15) is 67.2 Å². The van der Waals surface area contributed by atoms with Gasteiger partial charge in [0, 0.05) is 42.0 Å². The summed E-state index contributed by atoms with van der Waals surface area (Å²) >= 11 is 6.77. The third-order valence-corrected chi connectivity index (χ3v) is 11.5. The van der Waals surface area contributed by atoms with Gasteiger partial charge in [0.1, 0.15) is 25.1 Å². The summed E-state index contributed by atoms with van der Waals surface area (Å²) in [5.41, 5.74) is 3.81. The van der Waals surface area contributed by atoms with Crippen LogP contribution in [0.4, 0.5) is 10.6 Å². The Morgan fingerprint density at radius 2 is 1.80 bits per heavy atom. The predicted molar refractivity (Wildman–Crippen MR) is 196 cm³/mol. The molecule has 5 heterocycles. The maximum atomic E-state index is 13.3. The Balaban J connectivity index is 1.10. The quantitative estimate of drug-likeness (QED) is 0.175. The highest BCUT2D eigenvalue weighted by atomic mass is 35.5. The van der Waals surface area contributed by atoms with Gasteiger partial charge in [-0.1, -0.05) is 72.3 Å². The number of fused-ring (bicyclic) bond motifs is 3. The van der Waals surface area contributed by atoms with E-state index in [4.69, 9.17) is 42.4 Å². The lowest BCUT2D eigenvalue weighted by molar-refractivity contribution is -0.0180. The van der Waals surface area contributed by atoms with E-state index in [1.54, 1.807) is 4.90 Å². The highest BCUT2D eigenvalue weighted by molar-refractivity contribution is 6.35. The van der Waals surface area contributed by atoms with Gasteiger partial charge in [-0.05, 0) is 68.3 Å². The first kappa shape index (κ1) is 33.7. The zero-order valence-corrected chi connectivity index (χ0v) is 29.7. The number of benzene rings is 3. The zero-order chi connectivity index (χ0) is 35.0. The van der Waals surface area contributed by atoms with Crippen LogP contribution in [0.15, 0.2) is 66.7 Å². The largest absolute Gasteiger partial charge is 0.461 e. The summed E-state index contributed by atoms with van der Waals surface area (Å²) < 4.78 is 19.1.